The fraction of sp³-hybridized carbons (Fsp3) is 0.682. The lowest BCUT2D eigenvalue weighted by atomic mass is 9.84. The van der Waals surface area contributed by atoms with Crippen LogP contribution in [-0.4, -0.2) is 38.4 Å². The summed E-state index contributed by atoms with van der Waals surface area (Å²) in [4.78, 5) is 12.9. The molecular weight excluding hydrogens is 356 g/mol. The Labute approximate surface area is 169 Å². The van der Waals surface area contributed by atoms with Gasteiger partial charge in [-0.05, 0) is 44.4 Å². The van der Waals surface area contributed by atoms with Crippen molar-refractivity contribution in [1.29, 1.82) is 0 Å². The van der Waals surface area contributed by atoms with E-state index in [2.05, 4.69) is 5.32 Å². The van der Waals surface area contributed by atoms with Gasteiger partial charge in [0.05, 0.1) is 20.3 Å². The quantitative estimate of drug-likeness (QED) is 0.638. The van der Waals surface area contributed by atoms with Gasteiger partial charge in [-0.15, -0.1) is 0 Å². The Hall–Kier alpha value is -1.79. The third kappa shape index (κ3) is 6.67. The molecule has 3 N–H and O–H groups in total. The standard InChI is InChI=1S/C22H36N2O4/c1-15(2)28-21(19(23)12-16-8-6-5-7-9-16)22(25)24-14-17-13-18(26-3)10-11-20(17)27-4/h10-11,13,15-16,19,21H,5-9,12,14,23H2,1-4H3,(H,24,25)/t19-,21?/m1/s1. The van der Waals surface area contributed by atoms with Crippen LogP contribution in [0.1, 0.15) is 57.9 Å². The normalized spacial score (nSPS) is 17.2. The van der Waals surface area contributed by atoms with E-state index in [0.29, 0.717) is 24.0 Å². The molecule has 6 nitrogen and oxygen atoms in total. The lowest BCUT2D eigenvalue weighted by Crippen LogP contribution is -2.49. The van der Waals surface area contributed by atoms with E-state index in [1.807, 2.05) is 32.0 Å². The number of carbonyl (C=O) groups is 1. The number of benzene rings is 1. The fourth-order valence-electron chi connectivity index (χ4n) is 3.88. The van der Waals surface area contributed by atoms with Crippen molar-refractivity contribution < 1.29 is 19.0 Å². The zero-order chi connectivity index (χ0) is 20.5. The second-order valence-corrected chi connectivity index (χ2v) is 7.90. The predicted molar refractivity (Wildman–Crippen MR) is 111 cm³/mol. The van der Waals surface area contributed by atoms with E-state index >= 15 is 0 Å². The molecule has 158 valence electrons. The molecule has 1 aromatic carbocycles. The summed E-state index contributed by atoms with van der Waals surface area (Å²) in [5.41, 5.74) is 7.28. The van der Waals surface area contributed by atoms with Gasteiger partial charge in [0.25, 0.3) is 5.91 Å². The summed E-state index contributed by atoms with van der Waals surface area (Å²) in [5, 5.41) is 2.97. The van der Waals surface area contributed by atoms with Crippen molar-refractivity contribution >= 4 is 5.91 Å². The third-order valence-electron chi connectivity index (χ3n) is 5.34. The number of nitrogens with two attached hydrogens (primary N) is 1. The Morgan fingerprint density at radius 3 is 2.50 bits per heavy atom. The van der Waals surface area contributed by atoms with E-state index in [4.69, 9.17) is 19.9 Å². The minimum atomic E-state index is -0.654. The van der Waals surface area contributed by atoms with Crippen molar-refractivity contribution in [2.75, 3.05) is 14.2 Å². The van der Waals surface area contributed by atoms with E-state index < -0.39 is 6.10 Å². The maximum absolute atomic E-state index is 12.9. The lowest BCUT2D eigenvalue weighted by Gasteiger charge is -2.30. The largest absolute Gasteiger partial charge is 0.497 e. The maximum Gasteiger partial charge on any atom is 0.251 e. The second-order valence-electron chi connectivity index (χ2n) is 7.90. The van der Waals surface area contributed by atoms with E-state index in [1.54, 1.807) is 14.2 Å². The minimum absolute atomic E-state index is 0.0699. The molecule has 2 rings (SSSR count). The van der Waals surface area contributed by atoms with Gasteiger partial charge in [-0.1, -0.05) is 32.1 Å². The van der Waals surface area contributed by atoms with Crippen LogP contribution in [-0.2, 0) is 16.1 Å². The highest BCUT2D eigenvalue weighted by Gasteiger charge is 2.30. The highest BCUT2D eigenvalue weighted by molar-refractivity contribution is 5.81. The van der Waals surface area contributed by atoms with Crippen LogP contribution < -0.4 is 20.5 Å². The Kier molecular flexibility index (Phi) is 9.06. The molecule has 1 aliphatic rings. The van der Waals surface area contributed by atoms with Crippen molar-refractivity contribution in [2.45, 2.75) is 77.2 Å². The van der Waals surface area contributed by atoms with Crippen LogP contribution >= 0.6 is 0 Å². The lowest BCUT2D eigenvalue weighted by molar-refractivity contribution is -0.137. The van der Waals surface area contributed by atoms with Gasteiger partial charge in [0.15, 0.2) is 6.10 Å². The smallest absolute Gasteiger partial charge is 0.251 e. The summed E-state index contributed by atoms with van der Waals surface area (Å²) >= 11 is 0. The van der Waals surface area contributed by atoms with Gasteiger partial charge in [-0.2, -0.15) is 0 Å². The molecule has 0 aromatic heterocycles. The Balaban J connectivity index is 2.01. The number of methoxy groups -OCH3 is 2. The van der Waals surface area contributed by atoms with Gasteiger partial charge in [-0.3, -0.25) is 4.79 Å². The molecule has 0 spiro atoms. The average molecular weight is 393 g/mol. The molecule has 1 fully saturated rings. The zero-order valence-corrected chi connectivity index (χ0v) is 17.7. The molecule has 0 aliphatic heterocycles. The maximum atomic E-state index is 12.9. The summed E-state index contributed by atoms with van der Waals surface area (Å²) in [7, 11) is 3.22. The van der Waals surface area contributed by atoms with Gasteiger partial charge < -0.3 is 25.3 Å². The molecule has 1 amide bonds. The van der Waals surface area contributed by atoms with Crippen molar-refractivity contribution in [1.82, 2.24) is 5.32 Å². The number of carbonyl (C=O) groups excluding carboxylic acids is 1. The van der Waals surface area contributed by atoms with Crippen molar-refractivity contribution in [3.05, 3.63) is 23.8 Å². The molecular formula is C22H36N2O4. The summed E-state index contributed by atoms with van der Waals surface area (Å²) in [6.07, 6.45) is 6.32. The summed E-state index contributed by atoms with van der Waals surface area (Å²) < 4.78 is 16.6. The van der Waals surface area contributed by atoms with E-state index in [1.165, 1.54) is 32.1 Å². The molecule has 1 unspecified atom stereocenters. The van der Waals surface area contributed by atoms with Crippen LogP contribution in [0.2, 0.25) is 0 Å². The van der Waals surface area contributed by atoms with E-state index in [0.717, 1.165) is 12.0 Å². The summed E-state index contributed by atoms with van der Waals surface area (Å²) in [5.74, 6) is 1.83. The summed E-state index contributed by atoms with van der Waals surface area (Å²) in [6, 6.07) is 5.21. The minimum Gasteiger partial charge on any atom is -0.497 e. The molecule has 0 radical (unpaired) electrons. The molecule has 2 atom stereocenters. The van der Waals surface area contributed by atoms with Crippen molar-refractivity contribution in [3.63, 3.8) is 0 Å². The molecule has 0 heterocycles. The Morgan fingerprint density at radius 2 is 1.89 bits per heavy atom. The van der Waals surface area contributed by atoms with Gasteiger partial charge in [0.1, 0.15) is 11.5 Å². The zero-order valence-electron chi connectivity index (χ0n) is 17.7. The number of rotatable bonds is 10. The van der Waals surface area contributed by atoms with Crippen molar-refractivity contribution in [3.8, 4) is 11.5 Å². The van der Waals surface area contributed by atoms with Gasteiger partial charge in [0, 0.05) is 18.2 Å². The monoisotopic (exact) mass is 392 g/mol. The van der Waals surface area contributed by atoms with Crippen LogP contribution in [0.3, 0.4) is 0 Å². The number of hydrogen-bond donors (Lipinski definition) is 2. The first-order valence-electron chi connectivity index (χ1n) is 10.3. The number of hydrogen-bond acceptors (Lipinski definition) is 5. The van der Waals surface area contributed by atoms with Crippen LogP contribution in [0, 0.1) is 5.92 Å². The number of amides is 1. The fourth-order valence-corrected chi connectivity index (χ4v) is 3.88. The van der Waals surface area contributed by atoms with Crippen LogP contribution in [0.5, 0.6) is 11.5 Å². The first-order chi connectivity index (χ1) is 13.4. The molecule has 1 saturated carbocycles. The highest BCUT2D eigenvalue weighted by atomic mass is 16.5. The van der Waals surface area contributed by atoms with Gasteiger partial charge in [0.2, 0.25) is 0 Å². The van der Waals surface area contributed by atoms with Gasteiger partial charge >= 0.3 is 0 Å². The highest BCUT2D eigenvalue weighted by Crippen LogP contribution is 2.28. The Morgan fingerprint density at radius 1 is 1.18 bits per heavy atom. The average Bonchev–Trinajstić information content (AvgIpc) is 2.70. The van der Waals surface area contributed by atoms with Crippen LogP contribution in [0.4, 0.5) is 0 Å². The first kappa shape index (κ1) is 22.5. The number of ether oxygens (including phenoxy) is 3. The topological polar surface area (TPSA) is 82.8 Å². The van der Waals surface area contributed by atoms with Crippen LogP contribution in [0.25, 0.3) is 0 Å². The Bertz CT molecular complexity index is 615. The molecule has 0 saturated heterocycles. The number of nitrogens with one attached hydrogen (secondary N) is 1. The van der Waals surface area contributed by atoms with E-state index in [9.17, 15) is 4.79 Å². The first-order valence-corrected chi connectivity index (χ1v) is 10.3. The van der Waals surface area contributed by atoms with Crippen LogP contribution in [0.15, 0.2) is 18.2 Å². The SMILES string of the molecule is COc1ccc(OC)c(CNC(=O)C(OC(C)C)[C@H](N)CC2CCCCC2)c1. The van der Waals surface area contributed by atoms with E-state index in [-0.39, 0.29) is 18.1 Å². The predicted octanol–water partition coefficient (Wildman–Crippen LogP) is 3.41. The molecule has 6 heteroatoms. The van der Waals surface area contributed by atoms with Crippen molar-refractivity contribution in [2.24, 2.45) is 11.7 Å². The second kappa shape index (κ2) is 11.3. The molecule has 28 heavy (non-hydrogen) atoms. The summed E-state index contributed by atoms with van der Waals surface area (Å²) in [6.45, 7) is 4.19. The molecule has 0 bridgehead atoms. The molecule has 1 aliphatic carbocycles. The van der Waals surface area contributed by atoms with Gasteiger partial charge in [-0.25, -0.2) is 0 Å². The third-order valence-corrected chi connectivity index (χ3v) is 5.34. The molecule has 1 aromatic rings.